The lowest BCUT2D eigenvalue weighted by molar-refractivity contribution is 0.199. The first kappa shape index (κ1) is 14.4. The number of hydrogen-bond donors (Lipinski definition) is 3. The Balaban J connectivity index is 2.11. The van der Waals surface area contributed by atoms with E-state index in [0.717, 1.165) is 30.4 Å². The van der Waals surface area contributed by atoms with Gasteiger partial charge in [-0.05, 0) is 48.9 Å². The lowest BCUT2D eigenvalue weighted by Crippen LogP contribution is -2.40. The lowest BCUT2D eigenvalue weighted by atomic mass is 9.98. The molecule has 0 radical (unpaired) electrons. The summed E-state index contributed by atoms with van der Waals surface area (Å²) in [5.74, 6) is 0.0981. The van der Waals surface area contributed by atoms with Gasteiger partial charge in [-0.15, -0.1) is 0 Å². The van der Waals surface area contributed by atoms with Gasteiger partial charge in [0.2, 0.25) is 0 Å². The molecule has 1 saturated carbocycles. The van der Waals surface area contributed by atoms with Crippen LogP contribution < -0.4 is 11.1 Å². The zero-order valence-electron chi connectivity index (χ0n) is 11.4. The lowest BCUT2D eigenvalue weighted by Gasteiger charge is -2.27. The Kier molecular flexibility index (Phi) is 4.91. The van der Waals surface area contributed by atoms with E-state index >= 15 is 0 Å². The molecule has 19 heavy (non-hydrogen) atoms. The van der Waals surface area contributed by atoms with Crippen LogP contribution >= 0.6 is 0 Å². The minimum Gasteiger partial charge on any atom is -0.396 e. The van der Waals surface area contributed by atoms with Gasteiger partial charge in [0.25, 0.3) is 0 Å². The minimum absolute atomic E-state index is 0.0257. The van der Waals surface area contributed by atoms with Crippen LogP contribution in [0.25, 0.3) is 0 Å². The Morgan fingerprint density at radius 2 is 2.26 bits per heavy atom. The van der Waals surface area contributed by atoms with Crippen molar-refractivity contribution in [2.75, 3.05) is 13.2 Å². The Labute approximate surface area is 114 Å². The van der Waals surface area contributed by atoms with Crippen LogP contribution in [0.1, 0.15) is 36.4 Å². The summed E-state index contributed by atoms with van der Waals surface area (Å²) in [6.45, 7) is 2.60. The third-order valence-corrected chi connectivity index (χ3v) is 4.15. The average Bonchev–Trinajstić information content (AvgIpc) is 2.84. The molecular formula is C15H23FN2O. The molecule has 0 amide bonds. The number of aliphatic hydroxyl groups excluding tert-OH is 1. The van der Waals surface area contributed by atoms with Crippen LogP contribution in [-0.2, 0) is 0 Å². The van der Waals surface area contributed by atoms with Gasteiger partial charge in [-0.25, -0.2) is 4.39 Å². The topological polar surface area (TPSA) is 58.3 Å². The number of aryl methyl sites for hydroxylation is 1. The Morgan fingerprint density at radius 3 is 2.89 bits per heavy atom. The van der Waals surface area contributed by atoms with Crippen LogP contribution in [0.15, 0.2) is 18.2 Å². The summed E-state index contributed by atoms with van der Waals surface area (Å²) in [7, 11) is 0. The molecule has 0 bridgehead atoms. The van der Waals surface area contributed by atoms with Crippen molar-refractivity contribution in [2.45, 2.75) is 38.3 Å². The third kappa shape index (κ3) is 3.32. The highest BCUT2D eigenvalue weighted by molar-refractivity contribution is 5.30. The second-order valence-corrected chi connectivity index (χ2v) is 5.44. The molecule has 0 spiro atoms. The largest absolute Gasteiger partial charge is 0.396 e. The number of benzene rings is 1. The number of halogens is 1. The second kappa shape index (κ2) is 6.46. The highest BCUT2D eigenvalue weighted by Crippen LogP contribution is 2.28. The molecular weight excluding hydrogens is 243 g/mol. The minimum atomic E-state index is -0.217. The fraction of sp³-hybridized carbons (Fsp3) is 0.600. The molecule has 3 atom stereocenters. The van der Waals surface area contributed by atoms with Crippen molar-refractivity contribution in [1.82, 2.24) is 5.32 Å². The molecule has 0 heterocycles. The Morgan fingerprint density at radius 1 is 1.47 bits per heavy atom. The van der Waals surface area contributed by atoms with Gasteiger partial charge in [-0.1, -0.05) is 12.5 Å². The number of rotatable bonds is 5. The van der Waals surface area contributed by atoms with E-state index in [4.69, 9.17) is 5.73 Å². The van der Waals surface area contributed by atoms with Gasteiger partial charge >= 0.3 is 0 Å². The molecule has 0 saturated heterocycles. The van der Waals surface area contributed by atoms with E-state index in [-0.39, 0.29) is 18.5 Å². The van der Waals surface area contributed by atoms with Crippen LogP contribution in [-0.4, -0.2) is 24.3 Å². The molecule has 0 aromatic heterocycles. The second-order valence-electron chi connectivity index (χ2n) is 5.44. The first-order chi connectivity index (χ1) is 9.15. The molecule has 1 aliphatic rings. The summed E-state index contributed by atoms with van der Waals surface area (Å²) >= 11 is 0. The van der Waals surface area contributed by atoms with Crippen molar-refractivity contribution in [1.29, 1.82) is 0 Å². The fourth-order valence-electron chi connectivity index (χ4n) is 3.05. The molecule has 106 valence electrons. The van der Waals surface area contributed by atoms with E-state index in [2.05, 4.69) is 5.32 Å². The first-order valence-corrected chi connectivity index (χ1v) is 6.98. The van der Waals surface area contributed by atoms with E-state index in [1.54, 1.807) is 6.07 Å². The Bertz CT molecular complexity index is 425. The molecule has 1 aliphatic carbocycles. The van der Waals surface area contributed by atoms with Crippen LogP contribution in [0.3, 0.4) is 0 Å². The van der Waals surface area contributed by atoms with Gasteiger partial charge in [-0.2, -0.15) is 0 Å². The van der Waals surface area contributed by atoms with E-state index in [1.165, 1.54) is 12.1 Å². The van der Waals surface area contributed by atoms with E-state index < -0.39 is 0 Å². The predicted molar refractivity (Wildman–Crippen MR) is 74.3 cm³/mol. The van der Waals surface area contributed by atoms with Crippen LogP contribution in [0.2, 0.25) is 0 Å². The molecule has 4 heteroatoms. The number of aliphatic hydroxyl groups is 1. The summed E-state index contributed by atoms with van der Waals surface area (Å²) in [5, 5.41) is 12.9. The number of nitrogens with two attached hydrogens (primary N) is 1. The third-order valence-electron chi connectivity index (χ3n) is 4.15. The van der Waals surface area contributed by atoms with Crippen molar-refractivity contribution in [3.05, 3.63) is 35.1 Å². The molecule has 3 unspecified atom stereocenters. The fourth-order valence-corrected chi connectivity index (χ4v) is 3.05. The maximum absolute atomic E-state index is 13.2. The highest BCUT2D eigenvalue weighted by Gasteiger charge is 2.28. The van der Waals surface area contributed by atoms with Gasteiger partial charge in [0.1, 0.15) is 5.82 Å². The molecule has 1 aromatic rings. The van der Waals surface area contributed by atoms with Crippen molar-refractivity contribution in [2.24, 2.45) is 11.7 Å². The average molecular weight is 266 g/mol. The Hall–Kier alpha value is -0.970. The zero-order chi connectivity index (χ0) is 13.8. The quantitative estimate of drug-likeness (QED) is 0.762. The molecule has 4 N–H and O–H groups in total. The zero-order valence-corrected chi connectivity index (χ0v) is 11.4. The predicted octanol–water partition coefficient (Wildman–Crippen LogP) is 1.88. The normalized spacial score (nSPS) is 24.6. The summed E-state index contributed by atoms with van der Waals surface area (Å²) in [6.07, 6.45) is 3.28. The smallest absolute Gasteiger partial charge is 0.123 e. The standard InChI is InChI=1S/C15H23FN2O/c1-10-7-12(16)5-6-13(10)15(8-17)18-14-4-2-3-11(14)9-19/h5-7,11,14-15,18-19H,2-4,8-9,17H2,1H3. The summed E-state index contributed by atoms with van der Waals surface area (Å²) < 4.78 is 13.2. The van der Waals surface area contributed by atoms with Crippen molar-refractivity contribution in [3.63, 3.8) is 0 Å². The summed E-state index contributed by atoms with van der Waals surface area (Å²) in [6, 6.07) is 5.15. The first-order valence-electron chi connectivity index (χ1n) is 6.98. The molecule has 0 aliphatic heterocycles. The monoisotopic (exact) mass is 266 g/mol. The van der Waals surface area contributed by atoms with E-state index in [9.17, 15) is 9.50 Å². The van der Waals surface area contributed by atoms with Crippen molar-refractivity contribution in [3.8, 4) is 0 Å². The van der Waals surface area contributed by atoms with Gasteiger partial charge in [-0.3, -0.25) is 0 Å². The van der Waals surface area contributed by atoms with Crippen LogP contribution in [0.4, 0.5) is 4.39 Å². The highest BCUT2D eigenvalue weighted by atomic mass is 19.1. The summed E-state index contributed by atoms with van der Waals surface area (Å²) in [4.78, 5) is 0. The number of nitrogens with one attached hydrogen (secondary N) is 1. The van der Waals surface area contributed by atoms with Gasteiger partial charge in [0, 0.05) is 25.2 Å². The van der Waals surface area contributed by atoms with Gasteiger partial charge in [0.15, 0.2) is 0 Å². The molecule has 3 nitrogen and oxygen atoms in total. The van der Waals surface area contributed by atoms with Gasteiger partial charge < -0.3 is 16.2 Å². The van der Waals surface area contributed by atoms with Gasteiger partial charge in [0.05, 0.1) is 0 Å². The molecule has 1 fully saturated rings. The maximum Gasteiger partial charge on any atom is 0.123 e. The summed E-state index contributed by atoms with van der Waals surface area (Å²) in [5.41, 5.74) is 7.82. The number of hydrogen-bond acceptors (Lipinski definition) is 3. The van der Waals surface area contributed by atoms with E-state index in [1.807, 2.05) is 6.92 Å². The van der Waals surface area contributed by atoms with Crippen LogP contribution in [0.5, 0.6) is 0 Å². The van der Waals surface area contributed by atoms with E-state index in [0.29, 0.717) is 18.5 Å². The van der Waals surface area contributed by atoms with Crippen molar-refractivity contribution < 1.29 is 9.50 Å². The molecule has 2 rings (SSSR count). The maximum atomic E-state index is 13.2. The van der Waals surface area contributed by atoms with Crippen LogP contribution in [0, 0.1) is 18.7 Å². The molecule has 1 aromatic carbocycles. The van der Waals surface area contributed by atoms with Crippen molar-refractivity contribution >= 4 is 0 Å². The SMILES string of the molecule is Cc1cc(F)ccc1C(CN)NC1CCCC1CO.